The Balaban J connectivity index is 2.36. The molecule has 110 valence electrons. The van der Waals surface area contributed by atoms with Crippen LogP contribution in [0.5, 0.6) is 0 Å². The first-order valence-electron chi connectivity index (χ1n) is 5.96. The van der Waals surface area contributed by atoms with Gasteiger partial charge in [0.1, 0.15) is 0 Å². The molecule has 0 aliphatic rings. The molecule has 0 aliphatic heterocycles. The van der Waals surface area contributed by atoms with Crippen LogP contribution < -0.4 is 5.32 Å². The summed E-state index contributed by atoms with van der Waals surface area (Å²) in [6.45, 7) is 1.64. The molecular formula is C13H15Cl2NO3S. The number of carbonyl (C=O) groups excluding carboxylic acids is 1. The summed E-state index contributed by atoms with van der Waals surface area (Å²) in [4.78, 5) is 22.4. The number of hydrogen-bond donors (Lipinski definition) is 2. The Morgan fingerprint density at radius 2 is 1.95 bits per heavy atom. The molecule has 1 unspecified atom stereocenters. The normalized spacial score (nSPS) is 11.9. The molecule has 0 radical (unpaired) electrons. The van der Waals surface area contributed by atoms with Crippen molar-refractivity contribution in [3.05, 3.63) is 28.2 Å². The fourth-order valence-electron chi connectivity index (χ4n) is 1.32. The van der Waals surface area contributed by atoms with Gasteiger partial charge in [-0.25, -0.2) is 0 Å². The molecule has 0 heterocycles. The van der Waals surface area contributed by atoms with E-state index in [-0.39, 0.29) is 12.3 Å². The van der Waals surface area contributed by atoms with Gasteiger partial charge in [0.25, 0.3) is 0 Å². The summed E-state index contributed by atoms with van der Waals surface area (Å²) in [6.07, 6.45) is 0.276. The van der Waals surface area contributed by atoms with Crippen molar-refractivity contribution in [1.82, 2.24) is 0 Å². The molecule has 0 saturated heterocycles. The molecule has 0 bridgehead atoms. The second-order valence-corrected chi connectivity index (χ2v) is 6.17. The van der Waals surface area contributed by atoms with Crippen LogP contribution in [-0.2, 0) is 9.59 Å². The van der Waals surface area contributed by atoms with E-state index >= 15 is 0 Å². The van der Waals surface area contributed by atoms with Crippen molar-refractivity contribution in [2.75, 3.05) is 16.8 Å². The maximum atomic E-state index is 11.7. The zero-order chi connectivity index (χ0) is 15.1. The SMILES string of the molecule is CC(CSCCC(=O)Nc1c(Cl)cccc1Cl)C(=O)O. The smallest absolute Gasteiger partial charge is 0.307 e. The minimum absolute atomic E-state index is 0.199. The van der Waals surface area contributed by atoms with Crippen LogP contribution in [0.1, 0.15) is 13.3 Å². The number of anilines is 1. The minimum Gasteiger partial charge on any atom is -0.481 e. The van der Waals surface area contributed by atoms with E-state index in [1.165, 1.54) is 11.8 Å². The molecule has 2 N–H and O–H groups in total. The third-order valence-electron chi connectivity index (χ3n) is 2.49. The first-order valence-corrected chi connectivity index (χ1v) is 7.87. The molecule has 1 rings (SSSR count). The molecule has 0 spiro atoms. The van der Waals surface area contributed by atoms with Crippen molar-refractivity contribution < 1.29 is 14.7 Å². The van der Waals surface area contributed by atoms with Gasteiger partial charge in [-0.2, -0.15) is 11.8 Å². The highest BCUT2D eigenvalue weighted by Gasteiger charge is 2.12. The number of aliphatic carboxylic acids is 1. The summed E-state index contributed by atoms with van der Waals surface area (Å²) in [7, 11) is 0. The summed E-state index contributed by atoms with van der Waals surface area (Å²) in [6, 6.07) is 4.99. The van der Waals surface area contributed by atoms with Crippen molar-refractivity contribution in [3.8, 4) is 0 Å². The monoisotopic (exact) mass is 335 g/mol. The quantitative estimate of drug-likeness (QED) is 0.744. The number of carboxylic acid groups (broad SMARTS) is 1. The van der Waals surface area contributed by atoms with Crippen LogP contribution in [0.3, 0.4) is 0 Å². The highest BCUT2D eigenvalue weighted by molar-refractivity contribution is 7.99. The van der Waals surface area contributed by atoms with E-state index in [0.29, 0.717) is 27.2 Å². The lowest BCUT2D eigenvalue weighted by molar-refractivity contribution is -0.140. The Kier molecular flexibility index (Phi) is 7.19. The van der Waals surface area contributed by atoms with Crippen LogP contribution in [0.25, 0.3) is 0 Å². The highest BCUT2D eigenvalue weighted by Crippen LogP contribution is 2.29. The standard InChI is InChI=1S/C13H15Cl2NO3S/c1-8(13(18)19)7-20-6-5-11(17)16-12-9(14)3-2-4-10(12)15/h2-4,8H,5-7H2,1H3,(H,16,17)(H,18,19). The zero-order valence-corrected chi connectivity index (χ0v) is 13.2. The maximum absolute atomic E-state index is 11.7. The molecule has 0 saturated carbocycles. The van der Waals surface area contributed by atoms with Crippen LogP contribution in [0.2, 0.25) is 10.0 Å². The zero-order valence-electron chi connectivity index (χ0n) is 10.9. The number of thioether (sulfide) groups is 1. The van der Waals surface area contributed by atoms with Crippen molar-refractivity contribution in [1.29, 1.82) is 0 Å². The van der Waals surface area contributed by atoms with Gasteiger partial charge in [-0.15, -0.1) is 0 Å². The minimum atomic E-state index is -0.829. The molecule has 0 aliphatic carbocycles. The molecule has 1 amide bonds. The average molecular weight is 336 g/mol. The number of carbonyl (C=O) groups is 2. The fourth-order valence-corrected chi connectivity index (χ4v) is 2.80. The van der Waals surface area contributed by atoms with Crippen LogP contribution in [-0.4, -0.2) is 28.5 Å². The predicted molar refractivity (Wildman–Crippen MR) is 83.8 cm³/mol. The Morgan fingerprint density at radius 1 is 1.35 bits per heavy atom. The number of nitrogens with one attached hydrogen (secondary N) is 1. The second-order valence-electron chi connectivity index (χ2n) is 4.21. The van der Waals surface area contributed by atoms with Crippen molar-refractivity contribution in [2.45, 2.75) is 13.3 Å². The second kappa shape index (κ2) is 8.39. The fraction of sp³-hybridized carbons (Fsp3) is 0.385. The summed E-state index contributed by atoms with van der Waals surface area (Å²) in [5, 5.41) is 12.2. The van der Waals surface area contributed by atoms with Gasteiger partial charge < -0.3 is 10.4 Å². The first kappa shape index (κ1) is 17.1. The third-order valence-corrected chi connectivity index (χ3v) is 4.35. The molecule has 20 heavy (non-hydrogen) atoms. The molecular weight excluding hydrogens is 321 g/mol. The highest BCUT2D eigenvalue weighted by atomic mass is 35.5. The van der Waals surface area contributed by atoms with Gasteiger partial charge in [-0.1, -0.05) is 36.2 Å². The van der Waals surface area contributed by atoms with E-state index in [2.05, 4.69) is 5.32 Å². The summed E-state index contributed by atoms with van der Waals surface area (Å²) < 4.78 is 0. The summed E-state index contributed by atoms with van der Waals surface area (Å²) in [5.74, 6) is -0.414. The van der Waals surface area contributed by atoms with Crippen LogP contribution >= 0.6 is 35.0 Å². The van der Waals surface area contributed by atoms with Crippen molar-refractivity contribution in [3.63, 3.8) is 0 Å². The van der Waals surface area contributed by atoms with Crippen molar-refractivity contribution in [2.24, 2.45) is 5.92 Å². The van der Waals surface area contributed by atoms with E-state index in [1.54, 1.807) is 25.1 Å². The van der Waals surface area contributed by atoms with Gasteiger partial charge in [0.15, 0.2) is 0 Å². The van der Waals surface area contributed by atoms with Gasteiger partial charge in [0.2, 0.25) is 5.91 Å². The molecule has 7 heteroatoms. The van der Waals surface area contributed by atoms with Gasteiger partial charge in [0.05, 0.1) is 21.7 Å². The van der Waals surface area contributed by atoms with E-state index in [1.807, 2.05) is 0 Å². The maximum Gasteiger partial charge on any atom is 0.307 e. The molecule has 1 aromatic rings. The van der Waals surface area contributed by atoms with E-state index in [0.717, 1.165) is 0 Å². The number of carboxylic acids is 1. The Labute approximate surface area is 131 Å². The molecule has 0 aromatic heterocycles. The van der Waals surface area contributed by atoms with Crippen LogP contribution in [0.15, 0.2) is 18.2 Å². The summed E-state index contributed by atoms with van der Waals surface area (Å²) >= 11 is 13.3. The number of hydrogen-bond acceptors (Lipinski definition) is 3. The molecule has 1 atom stereocenters. The topological polar surface area (TPSA) is 66.4 Å². The molecule has 1 aromatic carbocycles. The van der Waals surface area contributed by atoms with Gasteiger partial charge in [-0.05, 0) is 12.1 Å². The third kappa shape index (κ3) is 5.61. The first-order chi connectivity index (χ1) is 9.41. The van der Waals surface area contributed by atoms with E-state index < -0.39 is 11.9 Å². The van der Waals surface area contributed by atoms with E-state index in [9.17, 15) is 9.59 Å². The molecule has 4 nitrogen and oxygen atoms in total. The van der Waals surface area contributed by atoms with Crippen molar-refractivity contribution >= 4 is 52.5 Å². The Morgan fingerprint density at radius 3 is 2.50 bits per heavy atom. The number of para-hydroxylation sites is 1. The number of benzene rings is 1. The number of halogens is 2. The van der Waals surface area contributed by atoms with Gasteiger partial charge in [-0.3, -0.25) is 9.59 Å². The lowest BCUT2D eigenvalue weighted by atomic mass is 10.2. The predicted octanol–water partition coefficient (Wildman–Crippen LogP) is 3.78. The van der Waals surface area contributed by atoms with Crippen LogP contribution in [0.4, 0.5) is 5.69 Å². The number of amides is 1. The Bertz CT molecular complexity index is 476. The lowest BCUT2D eigenvalue weighted by Crippen LogP contribution is -2.15. The average Bonchev–Trinajstić information content (AvgIpc) is 2.38. The molecule has 0 fully saturated rings. The summed E-state index contributed by atoms with van der Waals surface area (Å²) in [5.41, 5.74) is 0.407. The Hall–Kier alpha value is -0.910. The number of rotatable bonds is 7. The van der Waals surface area contributed by atoms with Crippen LogP contribution in [0, 0.1) is 5.92 Å². The lowest BCUT2D eigenvalue weighted by Gasteiger charge is -2.09. The van der Waals surface area contributed by atoms with E-state index in [4.69, 9.17) is 28.3 Å². The van der Waals surface area contributed by atoms with Gasteiger partial charge >= 0.3 is 5.97 Å². The van der Waals surface area contributed by atoms with Gasteiger partial charge in [0, 0.05) is 17.9 Å². The largest absolute Gasteiger partial charge is 0.481 e.